The highest BCUT2D eigenvalue weighted by Gasteiger charge is 2.30. The van der Waals surface area contributed by atoms with Gasteiger partial charge in [0.15, 0.2) is 0 Å². The van der Waals surface area contributed by atoms with Crippen molar-refractivity contribution in [3.8, 4) is 5.75 Å². The maximum atomic E-state index is 13.0. The number of piperazine rings is 1. The van der Waals surface area contributed by atoms with Gasteiger partial charge in [-0.15, -0.1) is 0 Å². The van der Waals surface area contributed by atoms with Gasteiger partial charge in [0.25, 0.3) is 0 Å². The van der Waals surface area contributed by atoms with Gasteiger partial charge in [0.2, 0.25) is 15.9 Å². The van der Waals surface area contributed by atoms with Gasteiger partial charge in [0, 0.05) is 6.42 Å². The van der Waals surface area contributed by atoms with E-state index < -0.39 is 10.0 Å². The molecule has 1 aliphatic heterocycles. The molecule has 0 aromatic heterocycles. The third-order valence-electron chi connectivity index (χ3n) is 5.91. The normalized spacial score (nSPS) is 19.6. The Balaban J connectivity index is 1.71. The van der Waals surface area contributed by atoms with Crippen molar-refractivity contribution in [3.05, 3.63) is 18.2 Å². The van der Waals surface area contributed by atoms with E-state index in [2.05, 4.69) is 12.4 Å². The molecule has 1 saturated carbocycles. The SMILES string of the molecule is COc1ccc(S(=O)(=O)N2CC[NH+](C)CC2)cc1NC(=O)CCC1CCCC1. The number of carbonyl (C=O) groups is 1. The summed E-state index contributed by atoms with van der Waals surface area (Å²) >= 11 is 0. The summed E-state index contributed by atoms with van der Waals surface area (Å²) in [5.41, 5.74) is 0.416. The first-order valence-electron chi connectivity index (χ1n) is 10.2. The lowest BCUT2D eigenvalue weighted by molar-refractivity contribution is -0.883. The Kier molecular flexibility index (Phi) is 6.95. The third kappa shape index (κ3) is 5.04. The first-order chi connectivity index (χ1) is 13.4. The second-order valence-corrected chi connectivity index (χ2v) is 9.90. The molecule has 1 aromatic rings. The molecule has 0 atom stereocenters. The van der Waals surface area contributed by atoms with Gasteiger partial charge < -0.3 is 15.0 Å². The van der Waals surface area contributed by atoms with Gasteiger partial charge in [-0.2, -0.15) is 4.31 Å². The van der Waals surface area contributed by atoms with Crippen molar-refractivity contribution in [2.75, 3.05) is 45.7 Å². The molecule has 1 amide bonds. The van der Waals surface area contributed by atoms with Crippen molar-refractivity contribution in [1.82, 2.24) is 4.31 Å². The number of rotatable bonds is 7. The van der Waals surface area contributed by atoms with Crippen LogP contribution >= 0.6 is 0 Å². The van der Waals surface area contributed by atoms with Crippen molar-refractivity contribution in [2.24, 2.45) is 5.92 Å². The summed E-state index contributed by atoms with van der Waals surface area (Å²) in [5.74, 6) is 1.01. The quantitative estimate of drug-likeness (QED) is 0.706. The van der Waals surface area contributed by atoms with Gasteiger partial charge in [0.1, 0.15) is 5.75 Å². The van der Waals surface area contributed by atoms with E-state index in [1.54, 1.807) is 12.1 Å². The molecule has 3 rings (SSSR count). The Bertz CT molecular complexity index is 783. The predicted molar refractivity (Wildman–Crippen MR) is 108 cm³/mol. The van der Waals surface area contributed by atoms with E-state index in [-0.39, 0.29) is 10.8 Å². The van der Waals surface area contributed by atoms with Crippen LogP contribution in [0.1, 0.15) is 38.5 Å². The number of ether oxygens (including phenoxy) is 1. The molecule has 7 nitrogen and oxygen atoms in total. The number of nitrogens with zero attached hydrogens (tertiary/aromatic N) is 1. The molecule has 156 valence electrons. The summed E-state index contributed by atoms with van der Waals surface area (Å²) in [5, 5.41) is 2.86. The van der Waals surface area contributed by atoms with Crippen LogP contribution in [0.3, 0.4) is 0 Å². The molecular weight excluding hydrogens is 378 g/mol. The van der Waals surface area contributed by atoms with E-state index in [4.69, 9.17) is 4.74 Å². The van der Waals surface area contributed by atoms with Gasteiger partial charge in [0.05, 0.1) is 50.9 Å². The van der Waals surface area contributed by atoms with Crippen molar-refractivity contribution >= 4 is 21.6 Å². The number of hydrogen-bond acceptors (Lipinski definition) is 4. The minimum atomic E-state index is -3.58. The van der Waals surface area contributed by atoms with Gasteiger partial charge in [-0.25, -0.2) is 8.42 Å². The second-order valence-electron chi connectivity index (χ2n) is 7.96. The number of nitrogens with one attached hydrogen (secondary N) is 2. The van der Waals surface area contributed by atoms with Crippen LogP contribution in [0.25, 0.3) is 0 Å². The van der Waals surface area contributed by atoms with Crippen LogP contribution in [-0.2, 0) is 14.8 Å². The van der Waals surface area contributed by atoms with E-state index in [1.165, 1.54) is 48.1 Å². The molecular formula is C20H32N3O4S+. The fourth-order valence-electron chi connectivity index (χ4n) is 4.05. The van der Waals surface area contributed by atoms with Crippen LogP contribution in [-0.4, -0.2) is 59.0 Å². The predicted octanol–water partition coefficient (Wildman–Crippen LogP) is 1.12. The largest absolute Gasteiger partial charge is 0.495 e. The average molecular weight is 411 g/mol. The van der Waals surface area contributed by atoms with Crippen molar-refractivity contribution in [3.63, 3.8) is 0 Å². The van der Waals surface area contributed by atoms with E-state index >= 15 is 0 Å². The minimum absolute atomic E-state index is 0.0945. The van der Waals surface area contributed by atoms with Crippen LogP contribution in [0, 0.1) is 5.92 Å². The Morgan fingerprint density at radius 1 is 1.25 bits per heavy atom. The third-order valence-corrected chi connectivity index (χ3v) is 7.81. The Hall–Kier alpha value is -1.64. The molecule has 2 aliphatic rings. The minimum Gasteiger partial charge on any atom is -0.495 e. The first kappa shape index (κ1) is 21.1. The van der Waals surface area contributed by atoms with Crippen LogP contribution in [0.4, 0.5) is 5.69 Å². The summed E-state index contributed by atoms with van der Waals surface area (Å²) in [6, 6.07) is 4.68. The number of methoxy groups -OCH3 is 1. The number of likely N-dealkylation sites (N-methyl/N-ethyl adjacent to an activating group) is 1. The van der Waals surface area contributed by atoms with E-state index in [0.29, 0.717) is 36.9 Å². The van der Waals surface area contributed by atoms with E-state index in [9.17, 15) is 13.2 Å². The molecule has 2 N–H and O–H groups in total. The van der Waals surface area contributed by atoms with Gasteiger partial charge >= 0.3 is 0 Å². The number of anilines is 1. The number of amides is 1. The van der Waals surface area contributed by atoms with Crippen LogP contribution in [0.15, 0.2) is 23.1 Å². The summed E-state index contributed by atoms with van der Waals surface area (Å²) in [4.78, 5) is 13.9. The molecule has 8 heteroatoms. The molecule has 1 saturated heterocycles. The zero-order valence-corrected chi connectivity index (χ0v) is 17.7. The van der Waals surface area contributed by atoms with Crippen LogP contribution in [0.5, 0.6) is 5.75 Å². The zero-order valence-electron chi connectivity index (χ0n) is 16.9. The van der Waals surface area contributed by atoms with E-state index in [0.717, 1.165) is 19.5 Å². The number of carbonyl (C=O) groups excluding carboxylic acids is 1. The monoisotopic (exact) mass is 410 g/mol. The van der Waals surface area contributed by atoms with Crippen LogP contribution in [0.2, 0.25) is 0 Å². The van der Waals surface area contributed by atoms with Gasteiger partial charge in [-0.1, -0.05) is 25.7 Å². The van der Waals surface area contributed by atoms with Crippen molar-refractivity contribution in [2.45, 2.75) is 43.4 Å². The summed E-state index contributed by atoms with van der Waals surface area (Å²) in [6.45, 7) is 2.59. The molecule has 0 radical (unpaired) electrons. The second kappa shape index (κ2) is 9.24. The van der Waals surface area contributed by atoms with Gasteiger partial charge in [-0.3, -0.25) is 4.79 Å². The molecule has 2 fully saturated rings. The van der Waals surface area contributed by atoms with Crippen LogP contribution < -0.4 is 15.0 Å². The topological polar surface area (TPSA) is 80.2 Å². The summed E-state index contributed by atoms with van der Waals surface area (Å²) < 4.78 is 32.8. The van der Waals surface area contributed by atoms with Gasteiger partial charge in [-0.05, 0) is 30.5 Å². The highest BCUT2D eigenvalue weighted by Crippen LogP contribution is 2.31. The molecule has 0 unspecified atom stereocenters. The number of benzene rings is 1. The van der Waals surface area contributed by atoms with Crippen molar-refractivity contribution in [1.29, 1.82) is 0 Å². The number of sulfonamides is 1. The maximum Gasteiger partial charge on any atom is 0.243 e. The standard InChI is InChI=1S/C20H31N3O4S/c1-22-11-13-23(14-12-22)28(25,26)17-8-9-19(27-2)18(15-17)21-20(24)10-7-16-5-3-4-6-16/h8-9,15-16H,3-7,10-14H2,1-2H3,(H,21,24)/p+1. The van der Waals surface area contributed by atoms with E-state index in [1.807, 2.05) is 0 Å². The Morgan fingerprint density at radius 2 is 1.93 bits per heavy atom. The molecule has 0 bridgehead atoms. The highest BCUT2D eigenvalue weighted by molar-refractivity contribution is 7.89. The average Bonchev–Trinajstić information content (AvgIpc) is 3.20. The molecule has 0 spiro atoms. The highest BCUT2D eigenvalue weighted by atomic mass is 32.2. The fourth-order valence-corrected chi connectivity index (χ4v) is 5.52. The smallest absolute Gasteiger partial charge is 0.243 e. The Morgan fingerprint density at radius 3 is 2.57 bits per heavy atom. The lowest BCUT2D eigenvalue weighted by Gasteiger charge is -2.29. The fraction of sp³-hybridized carbons (Fsp3) is 0.650. The summed E-state index contributed by atoms with van der Waals surface area (Å²) in [7, 11) is -0.000108. The summed E-state index contributed by atoms with van der Waals surface area (Å²) in [6.07, 6.45) is 6.26. The Labute approximate surface area is 168 Å². The lowest BCUT2D eigenvalue weighted by Crippen LogP contribution is -3.12. The molecule has 28 heavy (non-hydrogen) atoms. The lowest BCUT2D eigenvalue weighted by atomic mass is 10.0. The number of quaternary nitrogens is 1. The van der Waals surface area contributed by atoms with Crippen molar-refractivity contribution < 1.29 is 22.8 Å². The maximum absolute atomic E-state index is 13.0. The molecule has 1 aliphatic carbocycles. The first-order valence-corrected chi connectivity index (χ1v) is 11.6. The number of hydrogen-bond donors (Lipinski definition) is 2. The molecule has 1 heterocycles. The zero-order chi connectivity index (χ0) is 20.1. The molecule has 1 aromatic carbocycles.